The summed E-state index contributed by atoms with van der Waals surface area (Å²) in [6.45, 7) is 3.58. The minimum absolute atomic E-state index is 0. The predicted molar refractivity (Wildman–Crippen MR) is 62.7 cm³/mol. The van der Waals surface area contributed by atoms with E-state index in [-0.39, 0.29) is 35.5 Å². The average molecular weight is 262 g/mol. The third-order valence-corrected chi connectivity index (χ3v) is 2.38. The van der Waals surface area contributed by atoms with E-state index < -0.39 is 12.0 Å². The Balaban J connectivity index is 0.00000256. The summed E-state index contributed by atoms with van der Waals surface area (Å²) in [5.74, 6) is -1.24. The largest absolute Gasteiger partial charge is 1.00 e. The van der Waals surface area contributed by atoms with E-state index in [2.05, 4.69) is 4.99 Å². The average Bonchev–Trinajstić information content (AvgIpc) is 2.20. The van der Waals surface area contributed by atoms with Crippen LogP contribution in [0.1, 0.15) is 19.4 Å². The predicted octanol–water partition coefficient (Wildman–Crippen LogP) is -1.46. The first-order valence-corrected chi connectivity index (χ1v) is 5.38. The Bertz CT molecular complexity index is 390. The quantitative estimate of drug-likeness (QED) is 0.491. The minimum atomic E-state index is -1.15. The zero-order valence-electron chi connectivity index (χ0n) is 10.2. The third-order valence-electron chi connectivity index (χ3n) is 2.13. The number of aliphatic carboxylic acids is 1. The smallest absolute Gasteiger partial charge is 0.548 e. The van der Waals surface area contributed by atoms with Crippen LogP contribution in [0.15, 0.2) is 29.3 Å². The molecule has 0 aliphatic rings. The van der Waals surface area contributed by atoms with Crippen LogP contribution in [-0.4, -0.2) is 18.2 Å². The fraction of sp³-hybridized carbons (Fsp3) is 0.333. The molecule has 0 spiro atoms. The van der Waals surface area contributed by atoms with Gasteiger partial charge in [-0.25, -0.2) is 0 Å². The van der Waals surface area contributed by atoms with Crippen LogP contribution >= 0.6 is 11.6 Å². The van der Waals surface area contributed by atoms with Gasteiger partial charge in [0, 0.05) is 11.2 Å². The second kappa shape index (κ2) is 7.88. The molecular weight excluding hydrogens is 249 g/mol. The number of carboxylic acids is 1. The van der Waals surface area contributed by atoms with Gasteiger partial charge >= 0.3 is 29.6 Å². The number of hydrogen-bond acceptors (Lipinski definition) is 3. The summed E-state index contributed by atoms with van der Waals surface area (Å²) in [5, 5.41) is 11.4. The number of halogens is 1. The Hall–Kier alpha value is -0.350. The van der Waals surface area contributed by atoms with Gasteiger partial charge in [-0.05, 0) is 23.6 Å². The molecule has 1 unspecified atom stereocenters. The van der Waals surface area contributed by atoms with Crippen molar-refractivity contribution in [3.05, 3.63) is 34.9 Å². The number of carbonyl (C=O) groups excluding carboxylic acids is 1. The fourth-order valence-electron chi connectivity index (χ4n) is 1.22. The SMILES string of the molecule is CC(C)C(N=Cc1ccc(Cl)cc1)C(=O)[O-].[Na+]. The molecule has 3 nitrogen and oxygen atoms in total. The van der Waals surface area contributed by atoms with Crippen LogP contribution in [0.25, 0.3) is 0 Å². The topological polar surface area (TPSA) is 52.5 Å². The molecule has 0 aromatic heterocycles. The van der Waals surface area contributed by atoms with Gasteiger partial charge < -0.3 is 9.90 Å². The molecule has 0 heterocycles. The minimum Gasteiger partial charge on any atom is -0.548 e. The van der Waals surface area contributed by atoms with Gasteiger partial charge in [0.1, 0.15) is 0 Å². The standard InChI is InChI=1S/C12H14ClNO2.Na/c1-8(2)11(12(15)16)14-7-9-3-5-10(13)6-4-9;/h3-8,11H,1-2H3,(H,15,16);/q;+1/p-1. The van der Waals surface area contributed by atoms with Crippen molar-refractivity contribution in [2.45, 2.75) is 19.9 Å². The number of carbonyl (C=O) groups is 1. The second-order valence-corrected chi connectivity index (χ2v) is 4.27. The van der Waals surface area contributed by atoms with Crippen LogP contribution in [0.5, 0.6) is 0 Å². The molecule has 1 aromatic rings. The third kappa shape index (κ3) is 5.68. The normalized spacial score (nSPS) is 12.5. The molecular formula is C12H13ClNNaO2. The zero-order valence-corrected chi connectivity index (χ0v) is 12.9. The maximum absolute atomic E-state index is 10.8. The zero-order chi connectivity index (χ0) is 12.1. The summed E-state index contributed by atoms with van der Waals surface area (Å²) in [4.78, 5) is 14.8. The van der Waals surface area contributed by atoms with Crippen LogP contribution in [0, 0.1) is 5.92 Å². The van der Waals surface area contributed by atoms with Crippen molar-refractivity contribution >= 4 is 23.8 Å². The first-order chi connectivity index (χ1) is 7.50. The van der Waals surface area contributed by atoms with Gasteiger partial charge in [-0.2, -0.15) is 0 Å². The molecule has 1 atom stereocenters. The Morgan fingerprint density at radius 1 is 1.35 bits per heavy atom. The molecule has 0 saturated heterocycles. The van der Waals surface area contributed by atoms with E-state index in [1.165, 1.54) is 6.21 Å². The molecule has 0 aliphatic carbocycles. The van der Waals surface area contributed by atoms with E-state index >= 15 is 0 Å². The maximum atomic E-state index is 10.8. The maximum Gasteiger partial charge on any atom is 1.00 e. The van der Waals surface area contributed by atoms with Gasteiger partial charge in [-0.3, -0.25) is 4.99 Å². The molecule has 5 heteroatoms. The molecule has 1 rings (SSSR count). The molecule has 0 fully saturated rings. The molecule has 86 valence electrons. The summed E-state index contributed by atoms with van der Waals surface area (Å²) >= 11 is 5.73. The van der Waals surface area contributed by atoms with E-state index in [0.29, 0.717) is 5.02 Å². The van der Waals surface area contributed by atoms with E-state index in [4.69, 9.17) is 11.6 Å². The van der Waals surface area contributed by atoms with Gasteiger partial charge in [0.2, 0.25) is 0 Å². The first-order valence-electron chi connectivity index (χ1n) is 5.00. The molecule has 0 saturated carbocycles. The van der Waals surface area contributed by atoms with E-state index in [1.54, 1.807) is 38.1 Å². The van der Waals surface area contributed by atoms with Gasteiger partial charge in [-0.1, -0.05) is 37.6 Å². The van der Waals surface area contributed by atoms with Gasteiger partial charge in [0.15, 0.2) is 0 Å². The fourth-order valence-corrected chi connectivity index (χ4v) is 1.35. The Labute approximate surface area is 128 Å². The Kier molecular flexibility index (Phi) is 7.71. The summed E-state index contributed by atoms with van der Waals surface area (Å²) in [5.41, 5.74) is 0.816. The van der Waals surface area contributed by atoms with E-state index in [1.807, 2.05) is 0 Å². The van der Waals surface area contributed by atoms with Crippen LogP contribution < -0.4 is 34.7 Å². The van der Waals surface area contributed by atoms with E-state index in [9.17, 15) is 9.90 Å². The van der Waals surface area contributed by atoms with Crippen molar-refractivity contribution in [2.75, 3.05) is 0 Å². The van der Waals surface area contributed by atoms with Crippen LogP contribution in [0.3, 0.4) is 0 Å². The molecule has 0 aliphatic heterocycles. The number of hydrogen-bond donors (Lipinski definition) is 0. The molecule has 0 amide bonds. The summed E-state index contributed by atoms with van der Waals surface area (Å²) < 4.78 is 0. The number of benzene rings is 1. The van der Waals surface area contributed by atoms with Crippen molar-refractivity contribution in [2.24, 2.45) is 10.9 Å². The van der Waals surface area contributed by atoms with Crippen molar-refractivity contribution in [1.29, 1.82) is 0 Å². The number of nitrogens with zero attached hydrogens (tertiary/aromatic N) is 1. The molecule has 0 bridgehead atoms. The molecule has 0 N–H and O–H groups in total. The van der Waals surface area contributed by atoms with E-state index in [0.717, 1.165) is 5.56 Å². The summed E-state index contributed by atoms with van der Waals surface area (Å²) in [6.07, 6.45) is 1.52. The second-order valence-electron chi connectivity index (χ2n) is 3.84. The molecule has 1 aromatic carbocycles. The number of carboxylic acid groups (broad SMARTS) is 1. The Morgan fingerprint density at radius 2 is 1.88 bits per heavy atom. The van der Waals surface area contributed by atoms with Crippen LogP contribution in [0.2, 0.25) is 5.02 Å². The van der Waals surface area contributed by atoms with Gasteiger partial charge in [0.05, 0.1) is 12.0 Å². The van der Waals surface area contributed by atoms with Crippen LogP contribution in [0.4, 0.5) is 0 Å². The van der Waals surface area contributed by atoms with Crippen molar-refractivity contribution in [3.63, 3.8) is 0 Å². The van der Waals surface area contributed by atoms with Gasteiger partial charge in [-0.15, -0.1) is 0 Å². The summed E-state index contributed by atoms with van der Waals surface area (Å²) in [7, 11) is 0. The Morgan fingerprint density at radius 3 is 2.29 bits per heavy atom. The van der Waals surface area contributed by atoms with Gasteiger partial charge in [0.25, 0.3) is 0 Å². The molecule has 17 heavy (non-hydrogen) atoms. The van der Waals surface area contributed by atoms with Crippen LogP contribution in [-0.2, 0) is 4.79 Å². The number of aliphatic imine (C=N–C) groups is 1. The van der Waals surface area contributed by atoms with Crippen molar-refractivity contribution in [3.8, 4) is 0 Å². The molecule has 0 radical (unpaired) electrons. The summed E-state index contributed by atoms with van der Waals surface area (Å²) in [6, 6.07) is 6.20. The number of rotatable bonds is 4. The van der Waals surface area contributed by atoms with Crippen molar-refractivity contribution < 1.29 is 39.5 Å². The first kappa shape index (κ1) is 16.6. The monoisotopic (exact) mass is 261 g/mol. The van der Waals surface area contributed by atoms with Crippen molar-refractivity contribution in [1.82, 2.24) is 0 Å².